The van der Waals surface area contributed by atoms with Gasteiger partial charge in [0.15, 0.2) is 0 Å². The molecule has 220 valence electrons. The summed E-state index contributed by atoms with van der Waals surface area (Å²) in [6.45, 7) is 8.91. The highest BCUT2D eigenvalue weighted by molar-refractivity contribution is 6.48. The van der Waals surface area contributed by atoms with Gasteiger partial charge in [0, 0.05) is 31.4 Å². The monoisotopic (exact) mass is 569 g/mol. The first-order chi connectivity index (χ1) is 20.3. The summed E-state index contributed by atoms with van der Waals surface area (Å²) in [5.41, 5.74) is 4.91. The highest BCUT2D eigenvalue weighted by atomic mass is 16.7. The van der Waals surface area contributed by atoms with Gasteiger partial charge in [0.1, 0.15) is 5.58 Å². The molecule has 3 aromatic rings. The molecule has 6 aliphatic rings. The van der Waals surface area contributed by atoms with E-state index in [1.165, 1.54) is 12.0 Å². The molecule has 8 heteroatoms. The molecule has 3 aliphatic carbocycles. The maximum absolute atomic E-state index is 13.8. The van der Waals surface area contributed by atoms with E-state index in [2.05, 4.69) is 50.4 Å². The van der Waals surface area contributed by atoms with E-state index in [1.54, 1.807) is 0 Å². The molecule has 2 aromatic carbocycles. The van der Waals surface area contributed by atoms with Gasteiger partial charge >= 0.3 is 7.12 Å². The van der Waals surface area contributed by atoms with Crippen molar-refractivity contribution in [3.63, 3.8) is 0 Å². The molecule has 3 aliphatic heterocycles. The van der Waals surface area contributed by atoms with Crippen molar-refractivity contribution in [1.29, 1.82) is 0 Å². The first-order valence-electron chi connectivity index (χ1n) is 15.7. The summed E-state index contributed by atoms with van der Waals surface area (Å²) in [7, 11) is -0.525. The number of ether oxygens (including phenoxy) is 2. The topological polar surface area (TPSA) is 79.2 Å². The van der Waals surface area contributed by atoms with Gasteiger partial charge in [-0.2, -0.15) is 0 Å². The van der Waals surface area contributed by atoms with Crippen molar-refractivity contribution in [2.45, 2.75) is 89.2 Å². The van der Waals surface area contributed by atoms with Gasteiger partial charge in [-0.15, -0.1) is 0 Å². The fraction of sp³-hybridized carbons (Fsp3) is 0.559. The zero-order valence-corrected chi connectivity index (χ0v) is 24.8. The number of fused-ring (bicyclic) bond motifs is 3. The van der Waals surface area contributed by atoms with Crippen LogP contribution in [0.25, 0.3) is 11.0 Å². The Labute approximate surface area is 247 Å². The van der Waals surface area contributed by atoms with Crippen molar-refractivity contribution in [3.05, 3.63) is 71.0 Å². The van der Waals surface area contributed by atoms with E-state index in [-0.39, 0.29) is 41.0 Å². The van der Waals surface area contributed by atoms with Crippen molar-refractivity contribution < 1.29 is 28.0 Å². The second kappa shape index (κ2) is 9.68. The van der Waals surface area contributed by atoms with Gasteiger partial charge in [0.25, 0.3) is 0 Å². The lowest BCUT2D eigenvalue weighted by Crippen LogP contribution is -2.65. The molecule has 3 saturated carbocycles. The second-order valence-electron chi connectivity index (χ2n) is 14.0. The zero-order chi connectivity index (χ0) is 28.7. The third-order valence-electron chi connectivity index (χ3n) is 11.6. The molecule has 1 N–H and O–H groups in total. The minimum Gasteiger partial charge on any atom is -0.464 e. The van der Waals surface area contributed by atoms with Gasteiger partial charge in [-0.1, -0.05) is 50.2 Å². The van der Waals surface area contributed by atoms with Crippen LogP contribution in [0.1, 0.15) is 68.7 Å². The van der Waals surface area contributed by atoms with Crippen LogP contribution in [0.15, 0.2) is 53.1 Å². The van der Waals surface area contributed by atoms with E-state index in [0.717, 1.165) is 46.9 Å². The molecule has 5 fully saturated rings. The van der Waals surface area contributed by atoms with Crippen molar-refractivity contribution >= 4 is 24.0 Å². The highest BCUT2D eigenvalue weighted by Gasteiger charge is 2.68. The zero-order valence-electron chi connectivity index (χ0n) is 24.8. The number of para-hydroxylation sites is 1. The molecule has 2 bridgehead atoms. The molecule has 5 atom stereocenters. The van der Waals surface area contributed by atoms with E-state index in [0.29, 0.717) is 38.1 Å². The van der Waals surface area contributed by atoms with Gasteiger partial charge in [-0.3, -0.25) is 4.79 Å². The van der Waals surface area contributed by atoms with E-state index in [1.807, 2.05) is 24.5 Å². The number of benzene rings is 2. The van der Waals surface area contributed by atoms with Crippen LogP contribution in [0, 0.1) is 17.3 Å². The molecule has 2 saturated heterocycles. The molecular formula is C34H40BNO6. The molecule has 42 heavy (non-hydrogen) atoms. The Morgan fingerprint density at radius 3 is 2.71 bits per heavy atom. The number of rotatable bonds is 6. The fourth-order valence-electron chi connectivity index (χ4n) is 8.95. The minimum absolute atomic E-state index is 0.0361. The van der Waals surface area contributed by atoms with Crippen LogP contribution >= 0.6 is 0 Å². The number of carbonyl (C=O) groups excluding carboxylic acids is 1. The summed E-state index contributed by atoms with van der Waals surface area (Å²) < 4.78 is 31.4. The van der Waals surface area contributed by atoms with Gasteiger partial charge in [-0.05, 0) is 71.8 Å². The van der Waals surface area contributed by atoms with Gasteiger partial charge < -0.3 is 28.5 Å². The molecular weight excluding hydrogens is 529 g/mol. The lowest BCUT2D eigenvalue weighted by molar-refractivity contribution is -0.199. The Balaban J connectivity index is 1.06. The predicted molar refractivity (Wildman–Crippen MR) is 159 cm³/mol. The predicted octanol–water partition coefficient (Wildman–Crippen LogP) is 5.51. The Kier molecular flexibility index (Phi) is 6.21. The van der Waals surface area contributed by atoms with E-state index >= 15 is 0 Å². The third kappa shape index (κ3) is 4.05. The quantitative estimate of drug-likeness (QED) is 0.395. The van der Waals surface area contributed by atoms with Crippen LogP contribution < -0.4 is 5.32 Å². The molecule has 1 aromatic heterocycles. The molecule has 0 radical (unpaired) electrons. The SMILES string of the molecule is CC1(C)[C@@H]2C[C@H]3OB(C(Cc4coc5ccccc45)NC(=O)Cc4cccc5c4COC54CCOCC4)O[C@@]3(C)[C@H]1C2. The van der Waals surface area contributed by atoms with Crippen LogP contribution in [-0.4, -0.2) is 43.9 Å². The summed E-state index contributed by atoms with van der Waals surface area (Å²) in [5.74, 6) is 0.728. The van der Waals surface area contributed by atoms with Gasteiger partial charge in [0.05, 0.1) is 42.5 Å². The Hall–Kier alpha value is -2.65. The number of hydrogen-bond donors (Lipinski definition) is 1. The van der Waals surface area contributed by atoms with Crippen molar-refractivity contribution in [2.75, 3.05) is 13.2 Å². The van der Waals surface area contributed by atoms with E-state index in [4.69, 9.17) is 23.2 Å². The third-order valence-corrected chi connectivity index (χ3v) is 11.6. The van der Waals surface area contributed by atoms with Crippen molar-refractivity contribution in [1.82, 2.24) is 5.32 Å². The molecule has 4 heterocycles. The molecule has 1 amide bonds. The summed E-state index contributed by atoms with van der Waals surface area (Å²) in [6, 6.07) is 14.3. The van der Waals surface area contributed by atoms with E-state index < -0.39 is 7.12 Å². The van der Waals surface area contributed by atoms with Crippen LogP contribution in [0.4, 0.5) is 0 Å². The summed E-state index contributed by atoms with van der Waals surface area (Å²) >= 11 is 0. The van der Waals surface area contributed by atoms with Crippen LogP contribution in [-0.2, 0) is 48.6 Å². The molecule has 1 spiro atoms. The summed E-state index contributed by atoms with van der Waals surface area (Å²) in [6.07, 6.45) is 6.60. The Bertz CT molecular complexity index is 1530. The first-order valence-corrected chi connectivity index (χ1v) is 15.7. The van der Waals surface area contributed by atoms with Crippen LogP contribution in [0.5, 0.6) is 0 Å². The van der Waals surface area contributed by atoms with Gasteiger partial charge in [-0.25, -0.2) is 0 Å². The van der Waals surface area contributed by atoms with Crippen LogP contribution in [0.2, 0.25) is 0 Å². The lowest BCUT2D eigenvalue weighted by Gasteiger charge is -2.64. The smallest absolute Gasteiger partial charge is 0.464 e. The van der Waals surface area contributed by atoms with E-state index in [9.17, 15) is 4.79 Å². The normalized spacial score (nSPS) is 31.0. The molecule has 1 unspecified atom stereocenters. The van der Waals surface area contributed by atoms with Crippen molar-refractivity contribution in [3.8, 4) is 0 Å². The standard InChI is InChI=1S/C34H40BNO6/c1-32(2)23-17-28(32)33(3)29(18-23)41-35(42-33)30(15-22-19-39-27-10-5-4-8-24(22)27)36-31(37)16-21-7-6-9-26-25(21)20-40-34(26)11-13-38-14-12-34/h4-10,19,23,28-30H,11-18,20H2,1-3H3,(H,36,37)/t23-,28-,29+,30?,33-/m0/s1. The lowest BCUT2D eigenvalue weighted by atomic mass is 9.43. The highest BCUT2D eigenvalue weighted by Crippen LogP contribution is 2.65. The number of hydrogen-bond acceptors (Lipinski definition) is 6. The average Bonchev–Trinajstić information content (AvgIpc) is 3.67. The summed E-state index contributed by atoms with van der Waals surface area (Å²) in [5, 5.41) is 4.41. The minimum atomic E-state index is -0.525. The number of nitrogens with one attached hydrogen (secondary N) is 1. The van der Waals surface area contributed by atoms with Crippen molar-refractivity contribution in [2.24, 2.45) is 17.3 Å². The number of furan rings is 1. The number of amides is 1. The molecule has 9 rings (SSSR count). The largest absolute Gasteiger partial charge is 0.482 e. The Morgan fingerprint density at radius 2 is 1.88 bits per heavy atom. The maximum atomic E-state index is 13.8. The fourth-order valence-corrected chi connectivity index (χ4v) is 8.95. The average molecular weight is 570 g/mol. The molecule has 7 nitrogen and oxygen atoms in total. The first kappa shape index (κ1) is 26.9. The Morgan fingerprint density at radius 1 is 1.05 bits per heavy atom. The van der Waals surface area contributed by atoms with Gasteiger partial charge in [0.2, 0.25) is 5.91 Å². The number of carbonyl (C=O) groups is 1. The van der Waals surface area contributed by atoms with Crippen LogP contribution in [0.3, 0.4) is 0 Å². The second-order valence-corrected chi connectivity index (χ2v) is 14.0. The maximum Gasteiger partial charge on any atom is 0.482 e. The summed E-state index contributed by atoms with van der Waals surface area (Å²) in [4.78, 5) is 13.8.